The van der Waals surface area contributed by atoms with Crippen LogP contribution in [0.3, 0.4) is 0 Å². The second-order valence-corrected chi connectivity index (χ2v) is 6.44. The van der Waals surface area contributed by atoms with E-state index < -0.39 is 24.2 Å². The molecule has 0 aromatic heterocycles. The molecule has 2 atom stereocenters. The van der Waals surface area contributed by atoms with E-state index in [0.29, 0.717) is 0 Å². The fourth-order valence-corrected chi connectivity index (χ4v) is 3.50. The summed E-state index contributed by atoms with van der Waals surface area (Å²) in [5, 5.41) is 18.8. The van der Waals surface area contributed by atoms with Gasteiger partial charge in [-0.1, -0.05) is 48.5 Å². The van der Waals surface area contributed by atoms with E-state index in [4.69, 9.17) is 4.74 Å². The minimum absolute atomic E-state index is 0.101. The number of carbonyl (C=O) groups is 2. The van der Waals surface area contributed by atoms with Crippen molar-refractivity contribution in [2.24, 2.45) is 0 Å². The third-order valence-electron chi connectivity index (χ3n) is 4.75. The SMILES string of the molecule is C[C@H](O)[C@H](C(=O)O)N(C)C(=O)OCC1c2ccccc2-c2ccccc21. The predicted octanol–water partition coefficient (Wildman–Crippen LogP) is 2.70. The molecule has 6 nitrogen and oxygen atoms in total. The summed E-state index contributed by atoms with van der Waals surface area (Å²) in [6.45, 7) is 1.43. The van der Waals surface area contributed by atoms with Crippen molar-refractivity contribution in [2.45, 2.75) is 25.0 Å². The number of aliphatic hydroxyl groups excluding tert-OH is 1. The molecule has 6 heteroatoms. The minimum Gasteiger partial charge on any atom is -0.480 e. The molecule has 0 saturated carbocycles. The van der Waals surface area contributed by atoms with Crippen LogP contribution in [0.4, 0.5) is 4.79 Å². The van der Waals surface area contributed by atoms with E-state index in [9.17, 15) is 19.8 Å². The van der Waals surface area contributed by atoms with Crippen molar-refractivity contribution >= 4 is 12.1 Å². The second kappa shape index (κ2) is 7.17. The van der Waals surface area contributed by atoms with Crippen molar-refractivity contribution in [3.8, 4) is 11.1 Å². The molecule has 0 fully saturated rings. The molecule has 3 rings (SSSR count). The summed E-state index contributed by atoms with van der Waals surface area (Å²) < 4.78 is 5.40. The predicted molar refractivity (Wildman–Crippen MR) is 95.9 cm³/mol. The number of amides is 1. The highest BCUT2D eigenvalue weighted by atomic mass is 16.6. The first-order valence-electron chi connectivity index (χ1n) is 8.40. The number of ether oxygens (including phenoxy) is 1. The third kappa shape index (κ3) is 3.15. The maximum Gasteiger partial charge on any atom is 0.410 e. The van der Waals surface area contributed by atoms with E-state index in [1.54, 1.807) is 0 Å². The number of fused-ring (bicyclic) bond motifs is 3. The quantitative estimate of drug-likeness (QED) is 0.861. The Morgan fingerprint density at radius 1 is 1.08 bits per heavy atom. The molecule has 2 N–H and O–H groups in total. The normalized spacial score (nSPS) is 14.9. The van der Waals surface area contributed by atoms with Gasteiger partial charge in [-0.3, -0.25) is 4.90 Å². The molecule has 136 valence electrons. The Bertz CT molecular complexity index is 787. The first-order valence-corrected chi connectivity index (χ1v) is 8.40. The number of likely N-dealkylation sites (N-methyl/N-ethyl adjacent to an activating group) is 1. The Morgan fingerprint density at radius 3 is 2.04 bits per heavy atom. The van der Waals surface area contributed by atoms with Gasteiger partial charge in [0.15, 0.2) is 6.04 Å². The van der Waals surface area contributed by atoms with Crippen molar-refractivity contribution in [1.29, 1.82) is 0 Å². The Kier molecular flexibility index (Phi) is 4.95. The van der Waals surface area contributed by atoms with E-state index in [-0.39, 0.29) is 12.5 Å². The van der Waals surface area contributed by atoms with Gasteiger partial charge >= 0.3 is 12.1 Å². The van der Waals surface area contributed by atoms with Gasteiger partial charge in [-0.15, -0.1) is 0 Å². The Balaban J connectivity index is 1.78. The van der Waals surface area contributed by atoms with Crippen LogP contribution in [0.2, 0.25) is 0 Å². The van der Waals surface area contributed by atoms with Crippen molar-refractivity contribution in [3.05, 3.63) is 59.7 Å². The average molecular weight is 355 g/mol. The molecule has 2 aromatic carbocycles. The fourth-order valence-electron chi connectivity index (χ4n) is 3.50. The summed E-state index contributed by atoms with van der Waals surface area (Å²) in [5.74, 6) is -1.38. The summed E-state index contributed by atoms with van der Waals surface area (Å²) in [4.78, 5) is 24.5. The Hall–Kier alpha value is -2.86. The van der Waals surface area contributed by atoms with Crippen LogP contribution in [-0.4, -0.2) is 53.0 Å². The monoisotopic (exact) mass is 355 g/mol. The van der Waals surface area contributed by atoms with Crippen LogP contribution >= 0.6 is 0 Å². The summed E-state index contributed by atoms with van der Waals surface area (Å²) in [5.41, 5.74) is 4.39. The topological polar surface area (TPSA) is 87.1 Å². The van der Waals surface area contributed by atoms with E-state index in [1.807, 2.05) is 48.5 Å². The number of benzene rings is 2. The lowest BCUT2D eigenvalue weighted by Gasteiger charge is -2.26. The molecule has 26 heavy (non-hydrogen) atoms. The molecule has 0 radical (unpaired) electrons. The van der Waals surface area contributed by atoms with Crippen molar-refractivity contribution < 1.29 is 24.5 Å². The highest BCUT2D eigenvalue weighted by molar-refractivity contribution is 5.81. The lowest BCUT2D eigenvalue weighted by Crippen LogP contribution is -2.49. The van der Waals surface area contributed by atoms with Crippen LogP contribution < -0.4 is 0 Å². The molecule has 0 heterocycles. The number of aliphatic hydroxyl groups is 1. The summed E-state index contributed by atoms with van der Waals surface area (Å²) >= 11 is 0. The smallest absolute Gasteiger partial charge is 0.410 e. The number of carboxylic acids is 1. The number of carboxylic acid groups (broad SMARTS) is 1. The summed E-state index contributed by atoms with van der Waals surface area (Å²) in [6.07, 6.45) is -1.99. The lowest BCUT2D eigenvalue weighted by molar-refractivity contribution is -0.145. The molecule has 1 amide bonds. The van der Waals surface area contributed by atoms with Gasteiger partial charge < -0.3 is 14.9 Å². The number of aliphatic carboxylic acids is 1. The van der Waals surface area contributed by atoms with Gasteiger partial charge in [-0.05, 0) is 29.2 Å². The van der Waals surface area contributed by atoms with Gasteiger partial charge in [0.2, 0.25) is 0 Å². The maximum absolute atomic E-state index is 12.3. The van der Waals surface area contributed by atoms with Crippen LogP contribution in [0, 0.1) is 0 Å². The van der Waals surface area contributed by atoms with Crippen molar-refractivity contribution in [3.63, 3.8) is 0 Å². The lowest BCUT2D eigenvalue weighted by atomic mass is 9.98. The second-order valence-electron chi connectivity index (χ2n) is 6.44. The van der Waals surface area contributed by atoms with Crippen molar-refractivity contribution in [1.82, 2.24) is 4.90 Å². The molecule has 0 bridgehead atoms. The van der Waals surface area contributed by atoms with Crippen molar-refractivity contribution in [2.75, 3.05) is 13.7 Å². The summed E-state index contributed by atoms with van der Waals surface area (Å²) in [6, 6.07) is 14.6. The van der Waals surface area contributed by atoms with E-state index in [1.165, 1.54) is 14.0 Å². The van der Waals surface area contributed by atoms with Gasteiger partial charge in [0.05, 0.1) is 6.10 Å². The van der Waals surface area contributed by atoms with Crippen LogP contribution in [0.15, 0.2) is 48.5 Å². The standard InChI is InChI=1S/C20H21NO5/c1-12(22)18(19(23)24)21(2)20(25)26-11-17-15-9-5-3-7-13(15)14-8-4-6-10-16(14)17/h3-10,12,17-18,22H,11H2,1-2H3,(H,23,24)/t12-,18+/m0/s1. The fraction of sp³-hybridized carbons (Fsp3) is 0.300. The molecule has 0 spiro atoms. The Morgan fingerprint density at radius 2 is 1.58 bits per heavy atom. The zero-order valence-electron chi connectivity index (χ0n) is 14.6. The van der Waals surface area contributed by atoms with E-state index in [0.717, 1.165) is 27.2 Å². The summed E-state index contributed by atoms with van der Waals surface area (Å²) in [7, 11) is 1.31. The first kappa shape index (κ1) is 17.9. The highest BCUT2D eigenvalue weighted by Crippen LogP contribution is 2.44. The van der Waals surface area contributed by atoms with Gasteiger partial charge in [-0.2, -0.15) is 0 Å². The van der Waals surface area contributed by atoms with E-state index >= 15 is 0 Å². The zero-order valence-corrected chi connectivity index (χ0v) is 14.6. The zero-order chi connectivity index (χ0) is 18.8. The average Bonchev–Trinajstić information content (AvgIpc) is 2.93. The number of hydrogen-bond donors (Lipinski definition) is 2. The molecule has 0 aliphatic heterocycles. The number of hydrogen-bond acceptors (Lipinski definition) is 4. The van der Waals surface area contributed by atoms with Crippen LogP contribution in [0.1, 0.15) is 24.0 Å². The molecule has 0 saturated heterocycles. The molecule has 2 aromatic rings. The maximum atomic E-state index is 12.3. The van der Waals surface area contributed by atoms with Crippen LogP contribution in [-0.2, 0) is 9.53 Å². The molecular weight excluding hydrogens is 334 g/mol. The van der Waals surface area contributed by atoms with E-state index in [2.05, 4.69) is 0 Å². The molecule has 1 aliphatic carbocycles. The number of rotatable bonds is 5. The van der Waals surface area contributed by atoms with Gasteiger partial charge in [0.25, 0.3) is 0 Å². The largest absolute Gasteiger partial charge is 0.480 e. The Labute approximate surface area is 151 Å². The third-order valence-corrected chi connectivity index (χ3v) is 4.75. The van der Waals surface area contributed by atoms with Crippen LogP contribution in [0.25, 0.3) is 11.1 Å². The molecular formula is C20H21NO5. The minimum atomic E-state index is -1.36. The van der Waals surface area contributed by atoms with Gasteiger partial charge in [-0.25, -0.2) is 9.59 Å². The van der Waals surface area contributed by atoms with Gasteiger partial charge in [0.1, 0.15) is 6.61 Å². The van der Waals surface area contributed by atoms with Crippen LogP contribution in [0.5, 0.6) is 0 Å². The molecule has 0 unspecified atom stereocenters. The first-order chi connectivity index (χ1) is 12.4. The number of carbonyl (C=O) groups excluding carboxylic acids is 1. The number of nitrogens with zero attached hydrogens (tertiary/aromatic N) is 1. The van der Waals surface area contributed by atoms with Gasteiger partial charge in [0, 0.05) is 13.0 Å². The highest BCUT2D eigenvalue weighted by Gasteiger charge is 2.33. The molecule has 1 aliphatic rings.